The van der Waals surface area contributed by atoms with Gasteiger partial charge in [-0.15, -0.1) is 0 Å². The van der Waals surface area contributed by atoms with Crippen LogP contribution in [0, 0.1) is 11.8 Å². The van der Waals surface area contributed by atoms with E-state index in [-0.39, 0.29) is 37.7 Å². The predicted molar refractivity (Wildman–Crippen MR) is 102 cm³/mol. The van der Waals surface area contributed by atoms with E-state index in [1.54, 1.807) is 24.5 Å². The summed E-state index contributed by atoms with van der Waals surface area (Å²) in [5.74, 6) is -2.67. The average Bonchev–Trinajstić information content (AvgIpc) is 2.73. The van der Waals surface area contributed by atoms with Crippen LogP contribution in [0.15, 0.2) is 54.9 Å². The fraction of sp³-hybridized carbons (Fsp3) is 0.333. The first-order chi connectivity index (χ1) is 13.5. The molecule has 7 nitrogen and oxygen atoms in total. The van der Waals surface area contributed by atoms with Gasteiger partial charge in [-0.25, -0.2) is 0 Å². The smallest absolute Gasteiger partial charge is 0.308 e. The summed E-state index contributed by atoms with van der Waals surface area (Å²) in [5, 5.41) is 12.3. The summed E-state index contributed by atoms with van der Waals surface area (Å²) in [6, 6.07) is 12.9. The predicted octanol–water partition coefficient (Wildman–Crippen LogP) is 1.49. The van der Waals surface area contributed by atoms with Crippen LogP contribution in [-0.2, 0) is 27.3 Å². The number of amides is 2. The molecule has 0 bridgehead atoms. The normalized spacial score (nSPS) is 19.1. The average molecular weight is 381 g/mol. The SMILES string of the molecule is O=C(O)[C@H]1C[C@H](C(=O)NCc2ccncc2)CN(C(=O)Cc2ccccc2)C1. The summed E-state index contributed by atoms with van der Waals surface area (Å²) in [7, 11) is 0. The van der Waals surface area contributed by atoms with E-state index in [1.807, 2.05) is 30.3 Å². The number of rotatable bonds is 6. The molecule has 0 spiro atoms. The summed E-state index contributed by atoms with van der Waals surface area (Å²) in [6.45, 7) is 0.709. The molecule has 1 aliphatic heterocycles. The van der Waals surface area contributed by atoms with Gasteiger partial charge >= 0.3 is 5.97 Å². The zero-order valence-electron chi connectivity index (χ0n) is 15.5. The molecule has 0 saturated carbocycles. The van der Waals surface area contributed by atoms with Crippen LogP contribution in [-0.4, -0.2) is 45.9 Å². The van der Waals surface area contributed by atoms with Gasteiger partial charge in [-0.05, 0) is 29.7 Å². The Kier molecular flexibility index (Phi) is 6.37. The minimum absolute atomic E-state index is 0.134. The van der Waals surface area contributed by atoms with Crippen molar-refractivity contribution in [1.29, 1.82) is 0 Å². The Morgan fingerprint density at radius 3 is 2.36 bits per heavy atom. The number of aliphatic carboxylic acids is 1. The zero-order valence-corrected chi connectivity index (χ0v) is 15.5. The van der Waals surface area contributed by atoms with Gasteiger partial charge in [-0.2, -0.15) is 0 Å². The van der Waals surface area contributed by atoms with Crippen molar-refractivity contribution in [1.82, 2.24) is 15.2 Å². The number of carboxylic acid groups (broad SMARTS) is 1. The molecule has 2 atom stereocenters. The van der Waals surface area contributed by atoms with Gasteiger partial charge in [0.2, 0.25) is 11.8 Å². The number of likely N-dealkylation sites (tertiary alicyclic amines) is 1. The Bertz CT molecular complexity index is 826. The van der Waals surface area contributed by atoms with E-state index in [0.717, 1.165) is 11.1 Å². The van der Waals surface area contributed by atoms with Gasteiger partial charge < -0.3 is 15.3 Å². The number of benzene rings is 1. The molecule has 0 radical (unpaired) electrons. The van der Waals surface area contributed by atoms with Crippen molar-refractivity contribution in [2.24, 2.45) is 11.8 Å². The van der Waals surface area contributed by atoms with E-state index < -0.39 is 17.8 Å². The largest absolute Gasteiger partial charge is 0.481 e. The molecule has 28 heavy (non-hydrogen) atoms. The molecule has 146 valence electrons. The number of nitrogens with one attached hydrogen (secondary N) is 1. The Morgan fingerprint density at radius 2 is 1.68 bits per heavy atom. The molecular weight excluding hydrogens is 358 g/mol. The monoisotopic (exact) mass is 381 g/mol. The van der Waals surface area contributed by atoms with Crippen LogP contribution in [0.2, 0.25) is 0 Å². The van der Waals surface area contributed by atoms with Crippen LogP contribution in [0.25, 0.3) is 0 Å². The molecule has 7 heteroatoms. The van der Waals surface area contributed by atoms with Gasteiger partial charge in [0, 0.05) is 32.0 Å². The lowest BCUT2D eigenvalue weighted by molar-refractivity contribution is -0.148. The molecule has 2 N–H and O–H groups in total. The van der Waals surface area contributed by atoms with E-state index in [4.69, 9.17) is 0 Å². The van der Waals surface area contributed by atoms with Crippen LogP contribution in [0.3, 0.4) is 0 Å². The number of carbonyl (C=O) groups excluding carboxylic acids is 2. The summed E-state index contributed by atoms with van der Waals surface area (Å²) >= 11 is 0. The van der Waals surface area contributed by atoms with Gasteiger partial charge in [0.05, 0.1) is 18.3 Å². The van der Waals surface area contributed by atoms with Crippen molar-refractivity contribution >= 4 is 17.8 Å². The first-order valence-electron chi connectivity index (χ1n) is 9.24. The van der Waals surface area contributed by atoms with Crippen LogP contribution >= 0.6 is 0 Å². The fourth-order valence-corrected chi connectivity index (χ4v) is 3.39. The summed E-state index contributed by atoms with van der Waals surface area (Å²) in [5.41, 5.74) is 1.77. The number of piperidine rings is 1. The van der Waals surface area contributed by atoms with Crippen LogP contribution in [0.4, 0.5) is 0 Å². The lowest BCUT2D eigenvalue weighted by Crippen LogP contribution is -2.50. The number of pyridine rings is 1. The lowest BCUT2D eigenvalue weighted by Gasteiger charge is -2.35. The second-order valence-electron chi connectivity index (χ2n) is 7.00. The highest BCUT2D eigenvalue weighted by Crippen LogP contribution is 2.23. The Balaban J connectivity index is 1.64. The molecule has 0 unspecified atom stereocenters. The summed E-state index contributed by atoms with van der Waals surface area (Å²) in [6.07, 6.45) is 3.71. The van der Waals surface area contributed by atoms with Gasteiger partial charge in [-0.3, -0.25) is 19.4 Å². The first-order valence-corrected chi connectivity index (χ1v) is 9.24. The van der Waals surface area contributed by atoms with E-state index >= 15 is 0 Å². The topological polar surface area (TPSA) is 99.6 Å². The van der Waals surface area contributed by atoms with Crippen molar-refractivity contribution in [3.8, 4) is 0 Å². The quantitative estimate of drug-likeness (QED) is 0.790. The standard InChI is InChI=1S/C21H23N3O4/c25-19(10-15-4-2-1-3-5-15)24-13-17(11-18(14-24)21(27)28)20(26)23-12-16-6-8-22-9-7-16/h1-9,17-18H,10-14H2,(H,23,26)(H,27,28)/t17-,18-/m0/s1. The number of carbonyl (C=O) groups is 3. The third kappa shape index (κ3) is 5.16. The second-order valence-corrected chi connectivity index (χ2v) is 7.00. The molecular formula is C21H23N3O4. The lowest BCUT2D eigenvalue weighted by atomic mass is 9.88. The van der Waals surface area contributed by atoms with E-state index in [2.05, 4.69) is 10.3 Å². The van der Waals surface area contributed by atoms with Gasteiger partial charge in [-0.1, -0.05) is 30.3 Å². The molecule has 1 saturated heterocycles. The molecule has 1 fully saturated rings. The number of hydrogen-bond acceptors (Lipinski definition) is 4. The first kappa shape index (κ1) is 19.5. The number of hydrogen-bond donors (Lipinski definition) is 2. The van der Waals surface area contributed by atoms with E-state index in [9.17, 15) is 19.5 Å². The maximum Gasteiger partial charge on any atom is 0.308 e. The molecule has 2 amide bonds. The van der Waals surface area contributed by atoms with Crippen LogP contribution in [0.1, 0.15) is 17.5 Å². The highest BCUT2D eigenvalue weighted by atomic mass is 16.4. The Labute approximate surface area is 163 Å². The molecule has 2 aromatic rings. The molecule has 1 aromatic carbocycles. The molecule has 3 rings (SSSR count). The molecule has 1 aromatic heterocycles. The van der Waals surface area contributed by atoms with Gasteiger partial charge in [0.25, 0.3) is 0 Å². The third-order valence-corrected chi connectivity index (χ3v) is 4.94. The van der Waals surface area contributed by atoms with Crippen molar-refractivity contribution in [2.75, 3.05) is 13.1 Å². The third-order valence-electron chi connectivity index (χ3n) is 4.94. The fourth-order valence-electron chi connectivity index (χ4n) is 3.39. The molecule has 0 aliphatic carbocycles. The minimum atomic E-state index is -0.982. The number of aromatic nitrogens is 1. The number of nitrogens with zero attached hydrogens (tertiary/aromatic N) is 2. The van der Waals surface area contributed by atoms with Crippen molar-refractivity contribution in [3.63, 3.8) is 0 Å². The van der Waals surface area contributed by atoms with Crippen molar-refractivity contribution in [2.45, 2.75) is 19.4 Å². The summed E-state index contributed by atoms with van der Waals surface area (Å²) in [4.78, 5) is 42.3. The maximum atomic E-state index is 12.7. The Morgan fingerprint density at radius 1 is 1.00 bits per heavy atom. The van der Waals surface area contributed by atoms with E-state index in [0.29, 0.717) is 6.54 Å². The van der Waals surface area contributed by atoms with Gasteiger partial charge in [0.15, 0.2) is 0 Å². The highest BCUT2D eigenvalue weighted by molar-refractivity contribution is 5.84. The molecule has 1 aliphatic rings. The van der Waals surface area contributed by atoms with Crippen LogP contribution < -0.4 is 5.32 Å². The van der Waals surface area contributed by atoms with Crippen LogP contribution in [0.5, 0.6) is 0 Å². The number of carboxylic acids is 1. The van der Waals surface area contributed by atoms with Crippen molar-refractivity contribution < 1.29 is 19.5 Å². The second kappa shape index (κ2) is 9.12. The highest BCUT2D eigenvalue weighted by Gasteiger charge is 2.36. The summed E-state index contributed by atoms with van der Waals surface area (Å²) < 4.78 is 0. The minimum Gasteiger partial charge on any atom is -0.481 e. The van der Waals surface area contributed by atoms with Gasteiger partial charge in [0.1, 0.15) is 0 Å². The Hall–Kier alpha value is -3.22. The maximum absolute atomic E-state index is 12.7. The van der Waals surface area contributed by atoms with E-state index in [1.165, 1.54) is 4.90 Å². The van der Waals surface area contributed by atoms with Crippen molar-refractivity contribution in [3.05, 3.63) is 66.0 Å². The molecule has 2 heterocycles. The zero-order chi connectivity index (χ0) is 19.9.